The highest BCUT2D eigenvalue weighted by atomic mass is 16.6. The van der Waals surface area contributed by atoms with Crippen LogP contribution >= 0.6 is 0 Å². The molecule has 2 amide bonds. The first-order chi connectivity index (χ1) is 14.5. The monoisotopic (exact) mass is 409 g/mol. The molecule has 156 valence electrons. The van der Waals surface area contributed by atoms with E-state index in [1.807, 2.05) is 0 Å². The number of carbonyl (C=O) groups excluding carboxylic acids is 2. The zero-order valence-corrected chi connectivity index (χ0v) is 16.4. The van der Waals surface area contributed by atoms with Gasteiger partial charge in [-0.25, -0.2) is 0 Å². The molecular formula is C22H23N3O5. The second-order valence-corrected chi connectivity index (χ2v) is 7.14. The van der Waals surface area contributed by atoms with E-state index in [0.29, 0.717) is 29.9 Å². The van der Waals surface area contributed by atoms with E-state index in [1.165, 1.54) is 18.2 Å². The normalized spacial score (nSPS) is 14.6. The number of aliphatic hydroxyl groups is 1. The summed E-state index contributed by atoms with van der Waals surface area (Å²) in [5.41, 5.74) is 1.17. The molecule has 0 atom stereocenters. The maximum atomic E-state index is 12.7. The fourth-order valence-corrected chi connectivity index (χ4v) is 3.38. The number of hydrogen-bond acceptors (Lipinski definition) is 5. The lowest BCUT2D eigenvalue weighted by Gasteiger charge is -2.31. The van der Waals surface area contributed by atoms with E-state index in [0.717, 1.165) is 12.8 Å². The van der Waals surface area contributed by atoms with Crippen LogP contribution in [0.25, 0.3) is 6.08 Å². The van der Waals surface area contributed by atoms with Gasteiger partial charge in [0.2, 0.25) is 5.91 Å². The number of carbonyl (C=O) groups is 2. The molecule has 0 aromatic heterocycles. The number of nitro benzene ring substituents is 1. The Balaban J connectivity index is 1.64. The Labute approximate surface area is 174 Å². The van der Waals surface area contributed by atoms with Crippen LogP contribution in [0.15, 0.2) is 54.6 Å². The van der Waals surface area contributed by atoms with Crippen molar-refractivity contribution in [1.29, 1.82) is 0 Å². The Morgan fingerprint density at radius 3 is 2.60 bits per heavy atom. The van der Waals surface area contributed by atoms with Crippen LogP contribution < -0.4 is 5.32 Å². The van der Waals surface area contributed by atoms with Gasteiger partial charge >= 0.3 is 0 Å². The van der Waals surface area contributed by atoms with E-state index < -0.39 is 10.8 Å². The summed E-state index contributed by atoms with van der Waals surface area (Å²) in [6.07, 6.45) is 4.15. The molecule has 2 aromatic carbocycles. The quantitative estimate of drug-likeness (QED) is 0.432. The third-order valence-electron chi connectivity index (χ3n) is 5.08. The van der Waals surface area contributed by atoms with Crippen molar-refractivity contribution in [3.63, 3.8) is 0 Å². The van der Waals surface area contributed by atoms with Crippen molar-refractivity contribution in [3.8, 4) is 0 Å². The molecule has 8 heteroatoms. The van der Waals surface area contributed by atoms with E-state index in [1.54, 1.807) is 47.4 Å². The zero-order valence-electron chi connectivity index (χ0n) is 16.4. The first-order valence-electron chi connectivity index (χ1n) is 9.70. The molecule has 1 aliphatic heterocycles. The summed E-state index contributed by atoms with van der Waals surface area (Å²) in [6.45, 7) is 1.34. The van der Waals surface area contributed by atoms with E-state index >= 15 is 0 Å². The molecule has 1 fully saturated rings. The van der Waals surface area contributed by atoms with Crippen molar-refractivity contribution in [3.05, 3.63) is 75.8 Å². The smallest absolute Gasteiger partial charge is 0.276 e. The Hall–Kier alpha value is -3.52. The summed E-state index contributed by atoms with van der Waals surface area (Å²) < 4.78 is 0. The van der Waals surface area contributed by atoms with Gasteiger partial charge in [-0.15, -0.1) is 0 Å². The second-order valence-electron chi connectivity index (χ2n) is 7.14. The first-order valence-corrected chi connectivity index (χ1v) is 9.70. The van der Waals surface area contributed by atoms with E-state index in [2.05, 4.69) is 5.32 Å². The number of benzene rings is 2. The van der Waals surface area contributed by atoms with Crippen LogP contribution in [0.5, 0.6) is 0 Å². The van der Waals surface area contributed by atoms with Crippen molar-refractivity contribution < 1.29 is 19.6 Å². The minimum absolute atomic E-state index is 0.0842. The van der Waals surface area contributed by atoms with Gasteiger partial charge in [0, 0.05) is 43.1 Å². The standard InChI is InChI=1S/C22H23N3O5/c26-15-16-10-12-24(13-11-16)22(28)18-5-3-6-19(14-18)23-21(27)9-8-17-4-1-2-7-20(17)25(29)30/h1-9,14,16,26H,10-13,15H2,(H,23,27)/b9-8+. The van der Waals surface area contributed by atoms with Gasteiger partial charge in [-0.05, 0) is 49.1 Å². The molecule has 1 saturated heterocycles. The van der Waals surface area contributed by atoms with Gasteiger partial charge in [-0.2, -0.15) is 0 Å². The van der Waals surface area contributed by atoms with E-state index in [9.17, 15) is 24.8 Å². The molecule has 0 spiro atoms. The van der Waals surface area contributed by atoms with Gasteiger partial charge in [-0.3, -0.25) is 19.7 Å². The van der Waals surface area contributed by atoms with Crippen LogP contribution in [0, 0.1) is 16.0 Å². The van der Waals surface area contributed by atoms with Crippen LogP contribution in [0.2, 0.25) is 0 Å². The molecule has 0 aliphatic carbocycles. The van der Waals surface area contributed by atoms with Crippen molar-refractivity contribution in [2.75, 3.05) is 25.0 Å². The SMILES string of the molecule is O=C(/C=C/c1ccccc1[N+](=O)[O-])Nc1cccc(C(=O)N2CCC(CO)CC2)c1. The van der Waals surface area contributed by atoms with Crippen LogP contribution in [-0.2, 0) is 4.79 Å². The number of amides is 2. The van der Waals surface area contributed by atoms with Crippen molar-refractivity contribution in [2.24, 2.45) is 5.92 Å². The topological polar surface area (TPSA) is 113 Å². The fourth-order valence-electron chi connectivity index (χ4n) is 3.38. The largest absolute Gasteiger partial charge is 0.396 e. The first kappa shape index (κ1) is 21.2. The fraction of sp³-hybridized carbons (Fsp3) is 0.273. The number of nitro groups is 1. The maximum absolute atomic E-state index is 12.7. The number of piperidine rings is 1. The minimum Gasteiger partial charge on any atom is -0.396 e. The Kier molecular flexibility index (Phi) is 6.92. The highest BCUT2D eigenvalue weighted by molar-refractivity contribution is 6.03. The highest BCUT2D eigenvalue weighted by Gasteiger charge is 2.23. The third-order valence-corrected chi connectivity index (χ3v) is 5.08. The van der Waals surface area contributed by atoms with Crippen LogP contribution in [0.3, 0.4) is 0 Å². The lowest BCUT2D eigenvalue weighted by Crippen LogP contribution is -2.39. The number of anilines is 1. The maximum Gasteiger partial charge on any atom is 0.276 e. The summed E-state index contributed by atoms with van der Waals surface area (Å²) >= 11 is 0. The van der Waals surface area contributed by atoms with Gasteiger partial charge in [-0.1, -0.05) is 18.2 Å². The summed E-state index contributed by atoms with van der Waals surface area (Å²) in [5, 5.41) is 23.0. The van der Waals surface area contributed by atoms with Crippen molar-refractivity contribution >= 4 is 29.3 Å². The van der Waals surface area contributed by atoms with Gasteiger partial charge in [0.1, 0.15) is 0 Å². The van der Waals surface area contributed by atoms with Gasteiger partial charge in [0.05, 0.1) is 10.5 Å². The second kappa shape index (κ2) is 9.80. The summed E-state index contributed by atoms with van der Waals surface area (Å²) in [4.78, 5) is 37.2. The third kappa shape index (κ3) is 5.30. The summed E-state index contributed by atoms with van der Waals surface area (Å²) in [7, 11) is 0. The molecule has 3 rings (SSSR count). The van der Waals surface area contributed by atoms with Crippen molar-refractivity contribution in [2.45, 2.75) is 12.8 Å². The molecule has 30 heavy (non-hydrogen) atoms. The van der Waals surface area contributed by atoms with Crippen LogP contribution in [0.1, 0.15) is 28.8 Å². The molecule has 0 unspecified atom stereocenters. The predicted molar refractivity (Wildman–Crippen MR) is 113 cm³/mol. The zero-order chi connectivity index (χ0) is 21.5. The predicted octanol–water partition coefficient (Wildman–Crippen LogP) is 3.09. The molecule has 1 aliphatic rings. The molecular weight excluding hydrogens is 386 g/mol. The average Bonchev–Trinajstić information content (AvgIpc) is 2.77. The highest BCUT2D eigenvalue weighted by Crippen LogP contribution is 2.21. The van der Waals surface area contributed by atoms with Crippen molar-refractivity contribution in [1.82, 2.24) is 4.90 Å². The average molecular weight is 409 g/mol. The summed E-state index contributed by atoms with van der Waals surface area (Å²) in [5.74, 6) is -0.327. The molecule has 1 heterocycles. The molecule has 0 bridgehead atoms. The van der Waals surface area contributed by atoms with Gasteiger partial charge in [0.25, 0.3) is 11.6 Å². The Bertz CT molecular complexity index is 965. The van der Waals surface area contributed by atoms with Gasteiger partial charge < -0.3 is 15.3 Å². The van der Waals surface area contributed by atoms with Crippen LogP contribution in [-0.4, -0.2) is 46.4 Å². The molecule has 2 N–H and O–H groups in total. The Morgan fingerprint density at radius 2 is 1.90 bits per heavy atom. The number of nitrogens with one attached hydrogen (secondary N) is 1. The van der Waals surface area contributed by atoms with E-state index in [4.69, 9.17) is 0 Å². The molecule has 0 saturated carbocycles. The molecule has 2 aromatic rings. The lowest BCUT2D eigenvalue weighted by molar-refractivity contribution is -0.385. The number of aliphatic hydroxyl groups excluding tert-OH is 1. The number of likely N-dealkylation sites (tertiary alicyclic amines) is 1. The number of hydrogen-bond donors (Lipinski definition) is 2. The number of para-hydroxylation sites is 1. The van der Waals surface area contributed by atoms with Crippen LogP contribution in [0.4, 0.5) is 11.4 Å². The molecule has 0 radical (unpaired) electrons. The number of rotatable bonds is 6. The number of nitrogens with zero attached hydrogens (tertiary/aromatic N) is 2. The lowest BCUT2D eigenvalue weighted by atomic mass is 9.97. The van der Waals surface area contributed by atoms with E-state index in [-0.39, 0.29) is 24.1 Å². The summed E-state index contributed by atoms with van der Waals surface area (Å²) in [6, 6.07) is 12.8. The minimum atomic E-state index is -0.504. The molecule has 8 nitrogen and oxygen atoms in total. The Morgan fingerprint density at radius 1 is 1.17 bits per heavy atom. The van der Waals surface area contributed by atoms with Gasteiger partial charge in [0.15, 0.2) is 0 Å².